The van der Waals surface area contributed by atoms with Crippen LogP contribution in [-0.4, -0.2) is 107 Å². The zero-order valence-electron chi connectivity index (χ0n) is 26.4. The Labute approximate surface area is 254 Å². The lowest BCUT2D eigenvalue weighted by Gasteiger charge is -2.35. The average molecular weight is 598 g/mol. The third kappa shape index (κ3) is 6.62. The summed E-state index contributed by atoms with van der Waals surface area (Å²) in [5.74, 6) is 3.04. The molecule has 2 fully saturated rings. The maximum Gasteiger partial charge on any atom is 0.231 e. The number of nitrogens with zero attached hydrogens (tertiary/aromatic N) is 4. The van der Waals surface area contributed by atoms with E-state index in [-0.39, 0.29) is 11.8 Å². The van der Waals surface area contributed by atoms with E-state index in [1.165, 1.54) is 0 Å². The topological polar surface area (TPSA) is 106 Å². The minimum Gasteiger partial charge on any atom is -0.493 e. The number of piperidine rings is 1. The molecule has 236 valence electrons. The summed E-state index contributed by atoms with van der Waals surface area (Å²) in [6.07, 6.45) is 4.03. The van der Waals surface area contributed by atoms with E-state index >= 15 is 0 Å². The van der Waals surface area contributed by atoms with Gasteiger partial charge < -0.3 is 34.1 Å². The van der Waals surface area contributed by atoms with Gasteiger partial charge in [0.1, 0.15) is 5.82 Å². The number of amides is 2. The molecule has 11 nitrogen and oxygen atoms in total. The first kappa shape index (κ1) is 31.1. The Morgan fingerprint density at radius 2 is 1.84 bits per heavy atom. The van der Waals surface area contributed by atoms with E-state index in [2.05, 4.69) is 28.1 Å². The molecule has 1 aliphatic carbocycles. The zero-order chi connectivity index (χ0) is 30.6. The number of hydrogen-bond acceptors (Lipinski definition) is 9. The summed E-state index contributed by atoms with van der Waals surface area (Å²) in [7, 11) is 6.50. The third-order valence-electron chi connectivity index (χ3n) is 9.24. The summed E-state index contributed by atoms with van der Waals surface area (Å²) in [6.45, 7) is 7.98. The molecule has 1 saturated carbocycles. The Morgan fingerprint density at radius 1 is 1.05 bits per heavy atom. The van der Waals surface area contributed by atoms with Gasteiger partial charge in [-0.05, 0) is 44.2 Å². The fourth-order valence-corrected chi connectivity index (χ4v) is 6.57. The summed E-state index contributed by atoms with van der Waals surface area (Å²) in [6, 6.07) is 4.08. The average Bonchev–Trinajstić information content (AvgIpc) is 3.82. The maximum atomic E-state index is 13.7. The molecular formula is C32H47N5O6. The van der Waals surface area contributed by atoms with Gasteiger partial charge in [0.25, 0.3) is 0 Å². The number of carbonyl (C=O) groups excluding carboxylic acids is 2. The van der Waals surface area contributed by atoms with Crippen LogP contribution in [0.5, 0.6) is 17.2 Å². The highest BCUT2D eigenvalue weighted by molar-refractivity contribution is 5.92. The molecule has 43 heavy (non-hydrogen) atoms. The third-order valence-corrected chi connectivity index (χ3v) is 9.24. The number of carbonyl (C=O) groups is 2. The van der Waals surface area contributed by atoms with Crippen LogP contribution in [0.1, 0.15) is 44.6 Å². The molecule has 2 aromatic rings. The highest BCUT2D eigenvalue weighted by Crippen LogP contribution is 2.47. The quantitative estimate of drug-likeness (QED) is 0.516. The minimum atomic E-state index is -0.443. The molecule has 0 spiro atoms. The van der Waals surface area contributed by atoms with Crippen molar-refractivity contribution in [1.29, 1.82) is 0 Å². The van der Waals surface area contributed by atoms with Crippen LogP contribution in [0, 0.1) is 11.3 Å². The molecular weight excluding hydrogens is 550 g/mol. The van der Waals surface area contributed by atoms with Crippen LogP contribution in [-0.2, 0) is 20.9 Å². The van der Waals surface area contributed by atoms with Crippen molar-refractivity contribution in [2.45, 2.75) is 45.6 Å². The molecule has 3 aliphatic rings. The fourth-order valence-electron chi connectivity index (χ4n) is 6.57. The Hall–Kier alpha value is -3.31. The molecule has 1 aromatic heterocycles. The Bertz CT molecular complexity index is 1320. The molecule has 1 N–H and O–H groups in total. The molecule has 1 saturated heterocycles. The highest BCUT2D eigenvalue weighted by atomic mass is 16.5. The van der Waals surface area contributed by atoms with E-state index in [0.29, 0.717) is 68.9 Å². The molecule has 2 bridgehead atoms. The zero-order valence-corrected chi connectivity index (χ0v) is 26.4. The lowest BCUT2D eigenvalue weighted by Crippen LogP contribution is -2.45. The number of benzene rings is 1. The normalized spacial score (nSPS) is 21.3. The van der Waals surface area contributed by atoms with Gasteiger partial charge in [-0.1, -0.05) is 6.92 Å². The first-order valence-corrected chi connectivity index (χ1v) is 15.5. The molecule has 3 heterocycles. The van der Waals surface area contributed by atoms with Crippen LogP contribution in [0.4, 0.5) is 5.82 Å². The highest BCUT2D eigenvalue weighted by Gasteiger charge is 2.51. The van der Waals surface area contributed by atoms with E-state index in [1.807, 2.05) is 11.0 Å². The number of nitrogens with one attached hydrogen (secondary N) is 1. The number of aromatic nitrogens is 1. The molecule has 1 atom stereocenters. The minimum absolute atomic E-state index is 0.00797. The van der Waals surface area contributed by atoms with E-state index in [1.54, 1.807) is 28.4 Å². The second-order valence-corrected chi connectivity index (χ2v) is 12.1. The number of pyridine rings is 1. The predicted molar refractivity (Wildman–Crippen MR) is 165 cm³/mol. The van der Waals surface area contributed by atoms with Crippen molar-refractivity contribution in [3.63, 3.8) is 0 Å². The Balaban J connectivity index is 1.54. The summed E-state index contributed by atoms with van der Waals surface area (Å²) in [5, 5.41) is 4.02. The van der Waals surface area contributed by atoms with Crippen LogP contribution in [0.25, 0.3) is 10.9 Å². The van der Waals surface area contributed by atoms with Gasteiger partial charge in [-0.25, -0.2) is 4.98 Å². The maximum absolute atomic E-state index is 13.7. The number of anilines is 1. The fraction of sp³-hybridized carbons (Fsp3) is 0.656. The molecule has 2 aliphatic heterocycles. The largest absolute Gasteiger partial charge is 0.493 e. The second-order valence-electron chi connectivity index (χ2n) is 12.1. The van der Waals surface area contributed by atoms with Crippen molar-refractivity contribution in [3.05, 3.63) is 17.7 Å². The number of methoxy groups -OCH3 is 4. The van der Waals surface area contributed by atoms with E-state index in [0.717, 1.165) is 67.6 Å². The van der Waals surface area contributed by atoms with Gasteiger partial charge in [0.2, 0.25) is 17.6 Å². The Kier molecular flexibility index (Phi) is 9.81. The standard InChI is InChI=1S/C32H47N5O6/c1-6-35-14-15-36(31(39)32(10-11-32)21-40-2)13-9-27(38)33-18-22-8-7-12-37(19-22)30-23(20-35)16-24-25(34-30)17-26(41-3)29(43-5)28(24)42-4/h16-17,22H,6-15,18-21H2,1-5H3,(H,33,38). The molecule has 2 amide bonds. The van der Waals surface area contributed by atoms with Crippen molar-refractivity contribution in [1.82, 2.24) is 20.1 Å². The molecule has 1 aromatic carbocycles. The lowest BCUT2D eigenvalue weighted by atomic mass is 9.97. The molecule has 1 unspecified atom stereocenters. The first-order chi connectivity index (χ1) is 20.9. The van der Waals surface area contributed by atoms with Gasteiger partial charge >= 0.3 is 0 Å². The summed E-state index contributed by atoms with van der Waals surface area (Å²) >= 11 is 0. The predicted octanol–water partition coefficient (Wildman–Crippen LogP) is 3.07. The van der Waals surface area contributed by atoms with Gasteiger partial charge in [-0.2, -0.15) is 0 Å². The van der Waals surface area contributed by atoms with Crippen molar-refractivity contribution in [2.24, 2.45) is 11.3 Å². The van der Waals surface area contributed by atoms with Crippen LogP contribution in [0.2, 0.25) is 0 Å². The Morgan fingerprint density at radius 3 is 2.51 bits per heavy atom. The van der Waals surface area contributed by atoms with Crippen LogP contribution >= 0.6 is 0 Å². The number of likely N-dealkylation sites (N-methyl/N-ethyl adjacent to an activating group) is 1. The lowest BCUT2D eigenvalue weighted by molar-refractivity contribution is -0.139. The molecule has 11 heteroatoms. The van der Waals surface area contributed by atoms with Gasteiger partial charge in [0.15, 0.2) is 11.5 Å². The van der Waals surface area contributed by atoms with E-state index in [9.17, 15) is 9.59 Å². The summed E-state index contributed by atoms with van der Waals surface area (Å²) in [5.41, 5.74) is 1.42. The monoisotopic (exact) mass is 597 g/mol. The summed E-state index contributed by atoms with van der Waals surface area (Å²) < 4.78 is 22.6. The number of hydrogen-bond donors (Lipinski definition) is 1. The van der Waals surface area contributed by atoms with E-state index < -0.39 is 5.41 Å². The second kappa shape index (κ2) is 13.5. The molecule has 0 radical (unpaired) electrons. The summed E-state index contributed by atoms with van der Waals surface area (Å²) in [4.78, 5) is 38.4. The van der Waals surface area contributed by atoms with Gasteiger partial charge in [-0.15, -0.1) is 0 Å². The smallest absolute Gasteiger partial charge is 0.231 e. The SMILES string of the molecule is CCN1CCN(C(=O)C2(COC)CC2)CCC(=O)NCC2CCCN(C2)c2nc3cc(OC)c(OC)c(OC)c3cc2C1. The van der Waals surface area contributed by atoms with Gasteiger partial charge in [0, 0.05) is 76.4 Å². The van der Waals surface area contributed by atoms with Crippen molar-refractivity contribution >= 4 is 28.5 Å². The first-order valence-electron chi connectivity index (χ1n) is 15.5. The van der Waals surface area contributed by atoms with Crippen molar-refractivity contribution in [3.8, 4) is 17.2 Å². The number of rotatable bonds is 7. The van der Waals surface area contributed by atoms with Crippen LogP contribution in [0.15, 0.2) is 12.1 Å². The number of ether oxygens (including phenoxy) is 4. The van der Waals surface area contributed by atoms with Crippen LogP contribution < -0.4 is 24.4 Å². The van der Waals surface area contributed by atoms with Crippen molar-refractivity contribution < 1.29 is 28.5 Å². The molecule has 5 rings (SSSR count). The van der Waals surface area contributed by atoms with Crippen LogP contribution in [0.3, 0.4) is 0 Å². The van der Waals surface area contributed by atoms with Gasteiger partial charge in [0.05, 0.1) is 38.9 Å². The van der Waals surface area contributed by atoms with Gasteiger partial charge in [-0.3, -0.25) is 14.5 Å². The van der Waals surface area contributed by atoms with Crippen molar-refractivity contribution in [2.75, 3.05) is 85.8 Å². The van der Waals surface area contributed by atoms with E-state index in [4.69, 9.17) is 23.9 Å². The number of fused-ring (bicyclic) bond motifs is 5.